The second-order valence-electron chi connectivity index (χ2n) is 18.1. The monoisotopic (exact) mass is 941 g/mol. The third-order valence-corrected chi connectivity index (χ3v) is 12.5. The van der Waals surface area contributed by atoms with Crippen LogP contribution in [0.2, 0.25) is 0 Å². The molecular formula is C48H48FN11O9. The summed E-state index contributed by atoms with van der Waals surface area (Å²) in [5, 5.41) is 28.2. The van der Waals surface area contributed by atoms with Crippen molar-refractivity contribution in [1.29, 1.82) is 0 Å². The van der Waals surface area contributed by atoms with Gasteiger partial charge < -0.3 is 29.9 Å². The van der Waals surface area contributed by atoms with Gasteiger partial charge >= 0.3 is 0 Å². The van der Waals surface area contributed by atoms with Crippen LogP contribution in [-0.4, -0.2) is 106 Å². The molecule has 0 spiro atoms. The van der Waals surface area contributed by atoms with Crippen molar-refractivity contribution in [1.82, 2.24) is 44.2 Å². The van der Waals surface area contributed by atoms with Gasteiger partial charge in [0, 0.05) is 67.2 Å². The van der Waals surface area contributed by atoms with E-state index in [0.29, 0.717) is 46.7 Å². The summed E-state index contributed by atoms with van der Waals surface area (Å²) in [5.41, 5.74) is 1.98. The standard InChI is InChI=1S/C48H48FN11O9/c1-48(2,3)28-18-26-22-52-60(47(68)40(26)33(49)20-28)42-32(25-61)30(10-12-51-42)27-19-35(45(66)56(4)23-27)53-37-21-29-24-57(14-15-58(29)55-37)39(63)11-16-69-17-13-50-34-7-5-6-31-41(34)46(67)59(44(31)65)36-8-9-38(62)54-43(36)64/h5-7,10,12,18-23,36,50,61H,8-9,11,13-17,24-25H2,1-4H3,(H,53,55)(H,54,62,64). The molecule has 4 aromatic heterocycles. The van der Waals surface area contributed by atoms with Crippen molar-refractivity contribution in [2.45, 2.75) is 71.2 Å². The van der Waals surface area contributed by atoms with Crippen LogP contribution in [0.15, 0.2) is 76.7 Å². The smallest absolute Gasteiger partial charge is 0.283 e. The molecule has 1 atom stereocenters. The predicted molar refractivity (Wildman–Crippen MR) is 248 cm³/mol. The molecule has 69 heavy (non-hydrogen) atoms. The number of ether oxygens (including phenoxy) is 1. The number of anilines is 3. The first kappa shape index (κ1) is 46.2. The third-order valence-electron chi connectivity index (χ3n) is 12.5. The van der Waals surface area contributed by atoms with Crippen molar-refractivity contribution in [2.24, 2.45) is 7.05 Å². The van der Waals surface area contributed by atoms with Gasteiger partial charge in [-0.1, -0.05) is 26.8 Å². The molecule has 21 heteroatoms. The lowest BCUT2D eigenvalue weighted by atomic mass is 9.86. The average Bonchev–Trinajstić information content (AvgIpc) is 3.84. The molecule has 6 aromatic rings. The van der Waals surface area contributed by atoms with E-state index in [1.165, 1.54) is 29.1 Å². The van der Waals surface area contributed by atoms with E-state index in [9.17, 15) is 38.7 Å². The first-order valence-electron chi connectivity index (χ1n) is 22.3. The molecular weight excluding hydrogens is 894 g/mol. The van der Waals surface area contributed by atoms with E-state index in [1.54, 1.807) is 59.2 Å². The summed E-state index contributed by atoms with van der Waals surface area (Å²) >= 11 is 0. The Morgan fingerprint density at radius 3 is 2.55 bits per heavy atom. The zero-order valence-electron chi connectivity index (χ0n) is 38.2. The highest BCUT2D eigenvalue weighted by molar-refractivity contribution is 6.25. The number of aliphatic hydroxyl groups is 1. The largest absolute Gasteiger partial charge is 0.392 e. The van der Waals surface area contributed by atoms with Crippen molar-refractivity contribution in [3.05, 3.63) is 122 Å². The van der Waals surface area contributed by atoms with E-state index in [1.807, 2.05) is 20.8 Å². The number of aryl methyl sites for hydroxylation is 1. The number of imide groups is 2. The number of hydrogen-bond acceptors (Lipinski definition) is 14. The van der Waals surface area contributed by atoms with Crippen LogP contribution >= 0.6 is 0 Å². The third kappa shape index (κ3) is 8.77. The number of aromatic nitrogens is 6. The minimum absolute atomic E-state index is 0.000962. The Bertz CT molecular complexity index is 3250. The molecule has 3 aliphatic rings. The van der Waals surface area contributed by atoms with Gasteiger partial charge in [-0.3, -0.25) is 48.5 Å². The first-order valence-corrected chi connectivity index (χ1v) is 22.3. The van der Waals surface area contributed by atoms with Crippen LogP contribution in [0.1, 0.15) is 77.6 Å². The Hall–Kier alpha value is -7.91. The number of piperidine rings is 1. The zero-order valence-corrected chi connectivity index (χ0v) is 38.2. The van der Waals surface area contributed by atoms with Gasteiger partial charge in [-0.2, -0.15) is 14.9 Å². The van der Waals surface area contributed by atoms with Crippen LogP contribution in [-0.2, 0) is 51.3 Å². The molecule has 1 saturated heterocycles. The highest BCUT2D eigenvalue weighted by atomic mass is 19.1. The molecule has 2 aromatic carbocycles. The quantitative estimate of drug-likeness (QED) is 0.0960. The Morgan fingerprint density at radius 1 is 0.971 bits per heavy atom. The Morgan fingerprint density at radius 2 is 1.78 bits per heavy atom. The molecule has 20 nitrogen and oxygen atoms in total. The highest BCUT2D eigenvalue weighted by Gasteiger charge is 2.45. The van der Waals surface area contributed by atoms with Crippen molar-refractivity contribution >= 4 is 57.5 Å². The van der Waals surface area contributed by atoms with Gasteiger partial charge in [-0.05, 0) is 59.4 Å². The highest BCUT2D eigenvalue weighted by Crippen LogP contribution is 2.33. The number of benzene rings is 2. The normalized spacial score (nSPS) is 15.9. The predicted octanol–water partition coefficient (Wildman–Crippen LogP) is 3.28. The number of aliphatic hydroxyl groups excluding tert-OH is 1. The maximum Gasteiger partial charge on any atom is 0.283 e. The maximum atomic E-state index is 15.5. The molecule has 1 unspecified atom stereocenters. The van der Waals surface area contributed by atoms with Gasteiger partial charge in [0.1, 0.15) is 17.5 Å². The fourth-order valence-electron chi connectivity index (χ4n) is 8.87. The van der Waals surface area contributed by atoms with E-state index >= 15 is 4.39 Å². The second-order valence-corrected chi connectivity index (χ2v) is 18.1. The molecule has 4 N–H and O–H groups in total. The summed E-state index contributed by atoms with van der Waals surface area (Å²) in [6, 6.07) is 11.8. The number of carbonyl (C=O) groups is 5. The number of fused-ring (bicyclic) bond motifs is 3. The molecule has 1 fully saturated rings. The van der Waals surface area contributed by atoms with Crippen LogP contribution in [0.3, 0.4) is 0 Å². The van der Waals surface area contributed by atoms with E-state index in [0.717, 1.165) is 15.3 Å². The minimum Gasteiger partial charge on any atom is -0.392 e. The molecule has 9 rings (SSSR count). The summed E-state index contributed by atoms with van der Waals surface area (Å²) in [6.07, 6.45) is 4.59. The topological polar surface area (TPSA) is 245 Å². The lowest BCUT2D eigenvalue weighted by Crippen LogP contribution is -2.54. The number of amides is 5. The number of pyridine rings is 2. The number of hydrogen-bond donors (Lipinski definition) is 4. The first-order chi connectivity index (χ1) is 33.0. The van der Waals surface area contributed by atoms with Crippen molar-refractivity contribution < 1.29 is 38.2 Å². The summed E-state index contributed by atoms with van der Waals surface area (Å²) in [4.78, 5) is 98.1. The van der Waals surface area contributed by atoms with E-state index in [2.05, 4.69) is 31.1 Å². The molecule has 0 aliphatic carbocycles. The summed E-state index contributed by atoms with van der Waals surface area (Å²) in [7, 11) is 1.57. The molecule has 0 radical (unpaired) electrons. The fourth-order valence-corrected chi connectivity index (χ4v) is 8.87. The SMILES string of the molecule is Cn1cc(-c2ccnc(-n3ncc4cc(C(C)(C)C)cc(F)c4c3=O)c2CO)cc(Nc2cc3n(n2)CCN(C(=O)CCOCCNc2cccc4c2C(=O)N(C2CCC(=O)NC2=O)C4=O)C3)c1=O. The van der Waals surface area contributed by atoms with Crippen LogP contribution in [0.4, 0.5) is 21.6 Å². The summed E-state index contributed by atoms with van der Waals surface area (Å²) < 4.78 is 25.3. The van der Waals surface area contributed by atoms with Gasteiger partial charge in [-0.25, -0.2) is 9.37 Å². The van der Waals surface area contributed by atoms with E-state index < -0.39 is 47.7 Å². The minimum atomic E-state index is -1.07. The average molecular weight is 942 g/mol. The lowest BCUT2D eigenvalue weighted by Gasteiger charge is -2.27. The van der Waals surface area contributed by atoms with Crippen LogP contribution in [0.25, 0.3) is 27.7 Å². The van der Waals surface area contributed by atoms with Crippen LogP contribution in [0, 0.1) is 5.82 Å². The molecule has 0 saturated carbocycles. The van der Waals surface area contributed by atoms with Crippen molar-refractivity contribution in [3.8, 4) is 16.9 Å². The summed E-state index contributed by atoms with van der Waals surface area (Å²) in [6.45, 7) is 6.88. The molecule has 5 amide bonds. The Balaban J connectivity index is 0.820. The van der Waals surface area contributed by atoms with Gasteiger partial charge in [-0.15, -0.1) is 0 Å². The number of rotatable bonds is 13. The Kier molecular flexibility index (Phi) is 12.3. The van der Waals surface area contributed by atoms with Gasteiger partial charge in [0.05, 0.1) is 67.7 Å². The zero-order chi connectivity index (χ0) is 48.9. The maximum absolute atomic E-state index is 15.5. The number of nitrogens with one attached hydrogen (secondary N) is 3. The fraction of sp³-hybridized carbons (Fsp3) is 0.333. The van der Waals surface area contributed by atoms with Crippen LogP contribution < -0.4 is 27.1 Å². The molecule has 356 valence electrons. The van der Waals surface area contributed by atoms with Gasteiger partial charge in [0.2, 0.25) is 17.7 Å². The van der Waals surface area contributed by atoms with E-state index in [4.69, 9.17) is 4.74 Å². The number of halogens is 1. The van der Waals surface area contributed by atoms with Gasteiger partial charge in [0.25, 0.3) is 22.9 Å². The van der Waals surface area contributed by atoms with E-state index in [-0.39, 0.29) is 96.0 Å². The lowest BCUT2D eigenvalue weighted by molar-refractivity contribution is -0.136. The van der Waals surface area contributed by atoms with Crippen molar-refractivity contribution in [3.63, 3.8) is 0 Å². The molecule has 3 aliphatic heterocycles. The van der Waals surface area contributed by atoms with Crippen LogP contribution in [0.5, 0.6) is 0 Å². The van der Waals surface area contributed by atoms with Gasteiger partial charge in [0.15, 0.2) is 11.6 Å². The molecule has 7 heterocycles. The molecule has 0 bridgehead atoms. The number of nitrogens with zero attached hydrogens (tertiary/aromatic N) is 8. The second kappa shape index (κ2) is 18.3. The van der Waals surface area contributed by atoms with Crippen molar-refractivity contribution in [2.75, 3.05) is 36.9 Å². The Labute approximate surface area is 392 Å². The summed E-state index contributed by atoms with van der Waals surface area (Å²) in [5.74, 6) is -2.83. The number of carbonyl (C=O) groups excluding carboxylic acids is 5.